The minimum atomic E-state index is -3.68. The quantitative estimate of drug-likeness (QED) is 0.777. The molecule has 0 amide bonds. The highest BCUT2D eigenvalue weighted by Gasteiger charge is 2.19. The Morgan fingerprint density at radius 2 is 2.00 bits per heavy atom. The first-order valence-corrected chi connectivity index (χ1v) is 8.58. The molecule has 0 unspecified atom stereocenters. The van der Waals surface area contributed by atoms with Gasteiger partial charge in [0.05, 0.1) is 17.6 Å². The van der Waals surface area contributed by atoms with Crippen LogP contribution in [0.3, 0.4) is 0 Å². The number of halogens is 1. The topological polar surface area (TPSA) is 81.4 Å². The largest absolute Gasteiger partial charge is 0.377 e. The lowest BCUT2D eigenvalue weighted by Crippen LogP contribution is -2.33. The third kappa shape index (κ3) is 5.03. The van der Waals surface area contributed by atoms with Gasteiger partial charge in [-0.05, 0) is 43.9 Å². The molecule has 1 aromatic rings. The van der Waals surface area contributed by atoms with Crippen LogP contribution in [0.25, 0.3) is 0 Å². The molecule has 1 aliphatic carbocycles. The Hall–Kier alpha value is -1.02. The molecular weight excluding hydrogens is 295 g/mol. The summed E-state index contributed by atoms with van der Waals surface area (Å²) in [6, 6.07) is 5.18. The molecule has 0 radical (unpaired) electrons. The minimum absolute atomic E-state index is 0.0776. The third-order valence-electron chi connectivity index (χ3n) is 3.57. The Labute approximate surface area is 124 Å². The summed E-state index contributed by atoms with van der Waals surface area (Å²) in [4.78, 5) is -0.0776. The Bertz CT molecular complexity index is 557. The van der Waals surface area contributed by atoms with Gasteiger partial charge in [0, 0.05) is 12.6 Å². The van der Waals surface area contributed by atoms with Crippen molar-refractivity contribution < 1.29 is 17.5 Å². The van der Waals surface area contributed by atoms with E-state index in [1.807, 2.05) is 0 Å². The van der Waals surface area contributed by atoms with E-state index >= 15 is 0 Å². The highest BCUT2D eigenvalue weighted by atomic mass is 32.2. The van der Waals surface area contributed by atoms with Gasteiger partial charge >= 0.3 is 0 Å². The van der Waals surface area contributed by atoms with Crippen molar-refractivity contribution in [2.24, 2.45) is 5.73 Å². The maximum absolute atomic E-state index is 13.0. The summed E-state index contributed by atoms with van der Waals surface area (Å²) < 4.78 is 44.9. The molecule has 1 aromatic carbocycles. The SMILES string of the molecule is NC1CCC(OCCNS(=O)(=O)c2cccc(F)c2)CC1. The lowest BCUT2D eigenvalue weighted by Gasteiger charge is -2.26. The van der Waals surface area contributed by atoms with Crippen molar-refractivity contribution in [2.45, 2.75) is 42.7 Å². The molecule has 1 fully saturated rings. The molecule has 0 spiro atoms. The van der Waals surface area contributed by atoms with Crippen molar-refractivity contribution in [1.29, 1.82) is 0 Å². The maximum Gasteiger partial charge on any atom is 0.240 e. The Morgan fingerprint density at radius 1 is 1.29 bits per heavy atom. The number of hydrogen-bond donors (Lipinski definition) is 2. The average Bonchev–Trinajstić information content (AvgIpc) is 2.45. The van der Waals surface area contributed by atoms with Crippen molar-refractivity contribution in [3.63, 3.8) is 0 Å². The lowest BCUT2D eigenvalue weighted by atomic mass is 9.94. The molecule has 1 aliphatic rings. The number of ether oxygens (including phenoxy) is 1. The summed E-state index contributed by atoms with van der Waals surface area (Å²) in [5.74, 6) is -0.576. The van der Waals surface area contributed by atoms with Crippen LogP contribution >= 0.6 is 0 Å². The fraction of sp³-hybridized carbons (Fsp3) is 0.571. The Morgan fingerprint density at radius 3 is 2.67 bits per heavy atom. The van der Waals surface area contributed by atoms with Crippen molar-refractivity contribution in [1.82, 2.24) is 4.72 Å². The average molecular weight is 316 g/mol. The second-order valence-corrected chi connectivity index (χ2v) is 7.03. The van der Waals surface area contributed by atoms with Gasteiger partial charge in [-0.1, -0.05) is 6.07 Å². The van der Waals surface area contributed by atoms with Crippen molar-refractivity contribution in [3.8, 4) is 0 Å². The van der Waals surface area contributed by atoms with Crippen LogP contribution in [0.1, 0.15) is 25.7 Å². The Kier molecular flexibility index (Phi) is 5.69. The number of rotatable bonds is 6. The minimum Gasteiger partial charge on any atom is -0.377 e. The van der Waals surface area contributed by atoms with Gasteiger partial charge in [0.15, 0.2) is 0 Å². The highest BCUT2D eigenvalue weighted by Crippen LogP contribution is 2.19. The summed E-state index contributed by atoms with van der Waals surface area (Å²) >= 11 is 0. The van der Waals surface area contributed by atoms with Crippen molar-refractivity contribution in [2.75, 3.05) is 13.2 Å². The van der Waals surface area contributed by atoms with Gasteiger partial charge in [0.2, 0.25) is 10.0 Å². The van der Waals surface area contributed by atoms with Crippen LogP contribution in [0, 0.1) is 5.82 Å². The molecule has 0 bridgehead atoms. The monoisotopic (exact) mass is 316 g/mol. The molecular formula is C14H21FN2O3S. The van der Waals surface area contributed by atoms with E-state index in [1.165, 1.54) is 18.2 Å². The van der Waals surface area contributed by atoms with Gasteiger partial charge < -0.3 is 10.5 Å². The second-order valence-electron chi connectivity index (χ2n) is 5.26. The molecule has 3 N–H and O–H groups in total. The predicted molar refractivity (Wildman–Crippen MR) is 77.8 cm³/mol. The predicted octanol–water partition coefficient (Wildman–Crippen LogP) is 1.39. The second kappa shape index (κ2) is 7.31. The zero-order valence-electron chi connectivity index (χ0n) is 11.8. The standard InChI is InChI=1S/C14H21FN2O3S/c15-11-2-1-3-14(10-11)21(18,19)17-8-9-20-13-6-4-12(16)5-7-13/h1-3,10,12-13,17H,4-9,16H2. The van der Waals surface area contributed by atoms with Crippen LogP contribution in [0.4, 0.5) is 4.39 Å². The van der Waals surface area contributed by atoms with Gasteiger partial charge in [0.1, 0.15) is 5.82 Å². The zero-order valence-corrected chi connectivity index (χ0v) is 12.6. The van der Waals surface area contributed by atoms with Crippen LogP contribution < -0.4 is 10.5 Å². The number of nitrogens with one attached hydrogen (secondary N) is 1. The van der Waals surface area contributed by atoms with E-state index < -0.39 is 15.8 Å². The summed E-state index contributed by atoms with van der Waals surface area (Å²) in [5.41, 5.74) is 5.81. The van der Waals surface area contributed by atoms with E-state index in [9.17, 15) is 12.8 Å². The van der Waals surface area contributed by atoms with Crippen LogP contribution in [-0.4, -0.2) is 33.7 Å². The number of nitrogens with two attached hydrogens (primary N) is 1. The number of benzene rings is 1. The summed E-state index contributed by atoms with van der Waals surface area (Å²) in [7, 11) is -3.68. The first-order chi connectivity index (χ1) is 9.97. The normalized spacial score (nSPS) is 23.1. The molecule has 118 valence electrons. The molecule has 21 heavy (non-hydrogen) atoms. The lowest BCUT2D eigenvalue weighted by molar-refractivity contribution is 0.0287. The van der Waals surface area contributed by atoms with E-state index in [2.05, 4.69) is 4.72 Å². The molecule has 0 saturated heterocycles. The fourth-order valence-electron chi connectivity index (χ4n) is 2.37. The first-order valence-electron chi connectivity index (χ1n) is 7.10. The van der Waals surface area contributed by atoms with Crippen LogP contribution in [-0.2, 0) is 14.8 Å². The van der Waals surface area contributed by atoms with Crippen LogP contribution in [0.5, 0.6) is 0 Å². The highest BCUT2D eigenvalue weighted by molar-refractivity contribution is 7.89. The van der Waals surface area contributed by atoms with Gasteiger partial charge in [-0.15, -0.1) is 0 Å². The molecule has 5 nitrogen and oxygen atoms in total. The molecule has 7 heteroatoms. The third-order valence-corrected chi connectivity index (χ3v) is 5.03. The molecule has 0 aliphatic heterocycles. The van der Waals surface area contributed by atoms with E-state index in [4.69, 9.17) is 10.5 Å². The van der Waals surface area contributed by atoms with Gasteiger partial charge in [0.25, 0.3) is 0 Å². The smallest absolute Gasteiger partial charge is 0.240 e. The maximum atomic E-state index is 13.0. The van der Waals surface area contributed by atoms with Crippen LogP contribution in [0.15, 0.2) is 29.2 Å². The summed E-state index contributed by atoms with van der Waals surface area (Å²) in [5, 5.41) is 0. The van der Waals surface area contributed by atoms with Crippen molar-refractivity contribution >= 4 is 10.0 Å². The summed E-state index contributed by atoms with van der Waals surface area (Å²) in [6.45, 7) is 0.468. The Balaban J connectivity index is 1.75. The zero-order chi connectivity index (χ0) is 15.3. The molecule has 0 aromatic heterocycles. The molecule has 0 heterocycles. The first kappa shape index (κ1) is 16.4. The van der Waals surface area contributed by atoms with E-state index in [-0.39, 0.29) is 23.6 Å². The number of sulfonamides is 1. The van der Waals surface area contributed by atoms with Gasteiger partial charge in [-0.3, -0.25) is 0 Å². The van der Waals surface area contributed by atoms with Crippen molar-refractivity contribution in [3.05, 3.63) is 30.1 Å². The van der Waals surface area contributed by atoms with Gasteiger partial charge in [-0.2, -0.15) is 0 Å². The van der Waals surface area contributed by atoms with E-state index in [0.717, 1.165) is 31.7 Å². The molecule has 0 atom stereocenters. The van der Waals surface area contributed by atoms with Crippen LogP contribution in [0.2, 0.25) is 0 Å². The number of hydrogen-bond acceptors (Lipinski definition) is 4. The van der Waals surface area contributed by atoms with Gasteiger partial charge in [-0.25, -0.2) is 17.5 Å². The molecule has 1 saturated carbocycles. The van der Waals surface area contributed by atoms with E-state index in [1.54, 1.807) is 0 Å². The summed E-state index contributed by atoms with van der Waals surface area (Å²) in [6.07, 6.45) is 3.87. The van der Waals surface area contributed by atoms with E-state index in [0.29, 0.717) is 6.61 Å². The molecule has 2 rings (SSSR count). The fourth-order valence-corrected chi connectivity index (χ4v) is 3.42.